The number of halogens is 1. The number of nitrogens with zero attached hydrogens (tertiary/aromatic N) is 1. The molecule has 0 aliphatic rings. The SMILES string of the molecule is COc1ccc(OCC(=O)N/N=C(/C)c2ccc(OC)c(F)c2)cc1. The maximum absolute atomic E-state index is 13.7. The Kier molecular flexibility index (Phi) is 6.33. The molecule has 0 fully saturated rings. The van der Waals surface area contributed by atoms with Gasteiger partial charge in [-0.05, 0) is 49.4 Å². The Morgan fingerprint density at radius 3 is 2.36 bits per heavy atom. The first kappa shape index (κ1) is 18.3. The molecule has 0 atom stereocenters. The van der Waals surface area contributed by atoms with Crippen molar-refractivity contribution in [2.45, 2.75) is 6.92 Å². The zero-order valence-electron chi connectivity index (χ0n) is 14.2. The second-order valence-electron chi connectivity index (χ2n) is 5.05. The molecule has 0 spiro atoms. The monoisotopic (exact) mass is 346 g/mol. The minimum Gasteiger partial charge on any atom is -0.497 e. The largest absolute Gasteiger partial charge is 0.497 e. The van der Waals surface area contributed by atoms with Gasteiger partial charge in [0, 0.05) is 5.56 Å². The highest BCUT2D eigenvalue weighted by molar-refractivity contribution is 5.99. The van der Waals surface area contributed by atoms with E-state index < -0.39 is 11.7 Å². The van der Waals surface area contributed by atoms with Crippen LogP contribution in [0.15, 0.2) is 47.6 Å². The van der Waals surface area contributed by atoms with Gasteiger partial charge in [-0.25, -0.2) is 9.82 Å². The number of nitrogens with one attached hydrogen (secondary N) is 1. The zero-order chi connectivity index (χ0) is 18.2. The predicted octanol–water partition coefficient (Wildman–Crippen LogP) is 2.76. The van der Waals surface area contributed by atoms with Gasteiger partial charge in [0.2, 0.25) is 0 Å². The third-order valence-corrected chi connectivity index (χ3v) is 3.35. The van der Waals surface area contributed by atoms with Crippen LogP contribution in [0.1, 0.15) is 12.5 Å². The minimum atomic E-state index is -0.497. The molecule has 0 aliphatic heterocycles. The number of carbonyl (C=O) groups excluding carboxylic acids is 1. The summed E-state index contributed by atoms with van der Waals surface area (Å²) in [6.45, 7) is 1.46. The standard InChI is InChI=1S/C18H19FN2O4/c1-12(13-4-9-17(24-3)16(19)10-13)20-21-18(22)11-25-15-7-5-14(23-2)6-8-15/h4-10H,11H2,1-3H3,(H,21,22)/b20-12-. The topological polar surface area (TPSA) is 69.2 Å². The van der Waals surface area contributed by atoms with E-state index in [4.69, 9.17) is 14.2 Å². The van der Waals surface area contributed by atoms with Crippen molar-refractivity contribution in [3.63, 3.8) is 0 Å². The van der Waals surface area contributed by atoms with Gasteiger partial charge < -0.3 is 14.2 Å². The molecule has 2 rings (SSSR count). The van der Waals surface area contributed by atoms with E-state index in [-0.39, 0.29) is 12.4 Å². The average Bonchev–Trinajstić information content (AvgIpc) is 2.64. The van der Waals surface area contributed by atoms with E-state index in [9.17, 15) is 9.18 Å². The number of rotatable bonds is 7. The van der Waals surface area contributed by atoms with Gasteiger partial charge in [-0.1, -0.05) is 0 Å². The van der Waals surface area contributed by atoms with E-state index >= 15 is 0 Å². The van der Waals surface area contributed by atoms with Crippen LogP contribution in [-0.2, 0) is 4.79 Å². The number of ether oxygens (including phenoxy) is 3. The summed E-state index contributed by atoms with van der Waals surface area (Å²) >= 11 is 0. The van der Waals surface area contributed by atoms with Crippen molar-refractivity contribution in [1.29, 1.82) is 0 Å². The van der Waals surface area contributed by atoms with Crippen LogP contribution in [0.3, 0.4) is 0 Å². The fourth-order valence-electron chi connectivity index (χ4n) is 1.96. The van der Waals surface area contributed by atoms with Crippen LogP contribution in [-0.4, -0.2) is 32.4 Å². The molecule has 0 aliphatic carbocycles. The molecule has 0 saturated carbocycles. The molecule has 0 bridgehead atoms. The first-order chi connectivity index (χ1) is 12.0. The Morgan fingerprint density at radius 2 is 1.76 bits per heavy atom. The summed E-state index contributed by atoms with van der Waals surface area (Å²) < 4.78 is 28.9. The summed E-state index contributed by atoms with van der Waals surface area (Å²) in [6, 6.07) is 11.3. The van der Waals surface area contributed by atoms with E-state index in [1.165, 1.54) is 19.2 Å². The Morgan fingerprint density at radius 1 is 1.08 bits per heavy atom. The van der Waals surface area contributed by atoms with Gasteiger partial charge in [0.1, 0.15) is 11.5 Å². The molecule has 0 heterocycles. The lowest BCUT2D eigenvalue weighted by Gasteiger charge is -2.07. The number of hydrazone groups is 1. The number of methoxy groups -OCH3 is 2. The maximum Gasteiger partial charge on any atom is 0.277 e. The summed E-state index contributed by atoms with van der Waals surface area (Å²) in [7, 11) is 2.96. The number of hydrogen-bond acceptors (Lipinski definition) is 5. The number of benzene rings is 2. The molecule has 1 N–H and O–H groups in total. The van der Waals surface area contributed by atoms with Gasteiger partial charge >= 0.3 is 0 Å². The molecule has 132 valence electrons. The number of carbonyl (C=O) groups is 1. The Hall–Kier alpha value is -3.09. The molecular formula is C18H19FN2O4. The van der Waals surface area contributed by atoms with Gasteiger partial charge in [-0.15, -0.1) is 0 Å². The van der Waals surface area contributed by atoms with E-state index in [1.54, 1.807) is 44.4 Å². The summed E-state index contributed by atoms with van der Waals surface area (Å²) in [5.74, 6) is 0.457. The molecule has 0 aromatic heterocycles. The minimum absolute atomic E-state index is 0.147. The van der Waals surface area contributed by atoms with Crippen LogP contribution in [0.5, 0.6) is 17.2 Å². The lowest BCUT2D eigenvalue weighted by molar-refractivity contribution is -0.123. The van der Waals surface area contributed by atoms with Crippen molar-refractivity contribution < 1.29 is 23.4 Å². The third-order valence-electron chi connectivity index (χ3n) is 3.35. The van der Waals surface area contributed by atoms with Crippen molar-refractivity contribution in [1.82, 2.24) is 5.43 Å². The second kappa shape index (κ2) is 8.68. The molecule has 7 heteroatoms. The Bertz CT molecular complexity index is 760. The second-order valence-corrected chi connectivity index (χ2v) is 5.05. The zero-order valence-corrected chi connectivity index (χ0v) is 14.2. The van der Waals surface area contributed by atoms with Crippen molar-refractivity contribution in [3.05, 3.63) is 53.8 Å². The molecule has 2 aromatic carbocycles. The highest BCUT2D eigenvalue weighted by Crippen LogP contribution is 2.18. The van der Waals surface area contributed by atoms with Gasteiger partial charge in [0.25, 0.3) is 5.91 Å². The fraction of sp³-hybridized carbons (Fsp3) is 0.222. The Balaban J connectivity index is 1.89. The van der Waals surface area contributed by atoms with Crippen LogP contribution in [0.2, 0.25) is 0 Å². The summed E-state index contributed by atoms with van der Waals surface area (Å²) in [6.07, 6.45) is 0. The predicted molar refractivity (Wildman–Crippen MR) is 91.8 cm³/mol. The van der Waals surface area contributed by atoms with Gasteiger partial charge in [-0.2, -0.15) is 5.10 Å². The van der Waals surface area contributed by atoms with E-state index in [1.807, 2.05) is 0 Å². The molecular weight excluding hydrogens is 327 g/mol. The smallest absolute Gasteiger partial charge is 0.277 e. The maximum atomic E-state index is 13.7. The lowest BCUT2D eigenvalue weighted by Crippen LogP contribution is -2.25. The highest BCUT2D eigenvalue weighted by atomic mass is 19.1. The number of hydrogen-bond donors (Lipinski definition) is 1. The molecule has 1 amide bonds. The van der Waals surface area contributed by atoms with Crippen LogP contribution in [0, 0.1) is 5.82 Å². The highest BCUT2D eigenvalue weighted by Gasteiger charge is 2.07. The van der Waals surface area contributed by atoms with E-state index in [2.05, 4.69) is 10.5 Å². The van der Waals surface area contributed by atoms with Gasteiger partial charge in [0.15, 0.2) is 18.2 Å². The molecule has 6 nitrogen and oxygen atoms in total. The first-order valence-electron chi connectivity index (χ1n) is 7.47. The average molecular weight is 346 g/mol. The third kappa shape index (κ3) is 5.20. The Labute approximate surface area is 145 Å². The molecule has 0 unspecified atom stereocenters. The first-order valence-corrected chi connectivity index (χ1v) is 7.47. The van der Waals surface area contributed by atoms with Crippen LogP contribution < -0.4 is 19.6 Å². The van der Waals surface area contributed by atoms with Crippen molar-refractivity contribution in [2.75, 3.05) is 20.8 Å². The quantitative estimate of drug-likeness (QED) is 0.618. The lowest BCUT2D eigenvalue weighted by atomic mass is 10.1. The van der Waals surface area contributed by atoms with Crippen molar-refractivity contribution in [2.24, 2.45) is 5.10 Å². The normalized spacial score (nSPS) is 11.0. The molecule has 2 aromatic rings. The van der Waals surface area contributed by atoms with Gasteiger partial charge in [-0.3, -0.25) is 4.79 Å². The molecule has 0 saturated heterocycles. The number of amides is 1. The van der Waals surface area contributed by atoms with Crippen LogP contribution in [0.25, 0.3) is 0 Å². The van der Waals surface area contributed by atoms with Crippen LogP contribution >= 0.6 is 0 Å². The summed E-state index contributed by atoms with van der Waals surface area (Å²) in [5.41, 5.74) is 3.36. The molecule has 25 heavy (non-hydrogen) atoms. The van der Waals surface area contributed by atoms with Gasteiger partial charge in [0.05, 0.1) is 19.9 Å². The van der Waals surface area contributed by atoms with Crippen molar-refractivity contribution >= 4 is 11.6 Å². The molecule has 0 radical (unpaired) electrons. The van der Waals surface area contributed by atoms with E-state index in [0.29, 0.717) is 22.8 Å². The summed E-state index contributed by atoms with van der Waals surface area (Å²) in [5, 5.41) is 3.94. The summed E-state index contributed by atoms with van der Waals surface area (Å²) in [4.78, 5) is 11.8. The fourth-order valence-corrected chi connectivity index (χ4v) is 1.96. The van der Waals surface area contributed by atoms with Crippen molar-refractivity contribution in [3.8, 4) is 17.2 Å². The van der Waals surface area contributed by atoms with Crippen LogP contribution in [0.4, 0.5) is 4.39 Å². The van der Waals surface area contributed by atoms with E-state index in [0.717, 1.165) is 0 Å².